The second-order valence-corrected chi connectivity index (χ2v) is 4.60. The van der Waals surface area contributed by atoms with Gasteiger partial charge in [-0.2, -0.15) is 5.26 Å². The monoisotopic (exact) mass is 235 g/mol. The van der Waals surface area contributed by atoms with E-state index in [4.69, 9.17) is 22.6 Å². The third-order valence-corrected chi connectivity index (χ3v) is 3.44. The molecule has 4 heteroatoms. The van der Waals surface area contributed by atoms with Gasteiger partial charge in [0.1, 0.15) is 6.07 Å². The van der Waals surface area contributed by atoms with Crippen molar-refractivity contribution in [1.29, 1.82) is 5.26 Å². The minimum Gasteiger partial charge on any atom is -0.366 e. The van der Waals surface area contributed by atoms with E-state index >= 15 is 0 Å². The second-order valence-electron chi connectivity index (χ2n) is 4.16. The fourth-order valence-electron chi connectivity index (χ4n) is 2.15. The minimum atomic E-state index is 0.183. The molecular formula is C12H14ClN3. The Morgan fingerprint density at radius 3 is 2.88 bits per heavy atom. The predicted molar refractivity (Wildman–Crippen MR) is 65.6 cm³/mol. The van der Waals surface area contributed by atoms with Crippen LogP contribution in [0.5, 0.6) is 0 Å². The maximum Gasteiger partial charge on any atom is 0.101 e. The molecule has 84 valence electrons. The molecule has 0 spiro atoms. The molecule has 1 heterocycles. The molecule has 2 atom stereocenters. The summed E-state index contributed by atoms with van der Waals surface area (Å²) in [4.78, 5) is 2.18. The summed E-state index contributed by atoms with van der Waals surface area (Å²) in [6, 6.07) is 8.05. The van der Waals surface area contributed by atoms with E-state index in [2.05, 4.69) is 17.9 Å². The van der Waals surface area contributed by atoms with E-state index in [0.29, 0.717) is 10.6 Å². The number of nitrogens with two attached hydrogens (primary N) is 1. The van der Waals surface area contributed by atoms with Crippen molar-refractivity contribution in [1.82, 2.24) is 0 Å². The van der Waals surface area contributed by atoms with Crippen LogP contribution in [0.1, 0.15) is 18.9 Å². The van der Waals surface area contributed by atoms with Gasteiger partial charge in [0, 0.05) is 23.7 Å². The van der Waals surface area contributed by atoms with Gasteiger partial charge in [0.15, 0.2) is 0 Å². The Balaban J connectivity index is 2.38. The van der Waals surface area contributed by atoms with Gasteiger partial charge < -0.3 is 10.6 Å². The van der Waals surface area contributed by atoms with Crippen molar-refractivity contribution in [3.8, 4) is 6.07 Å². The van der Waals surface area contributed by atoms with E-state index in [1.807, 2.05) is 12.1 Å². The summed E-state index contributed by atoms with van der Waals surface area (Å²) in [5.74, 6) is 0. The number of benzene rings is 1. The summed E-state index contributed by atoms with van der Waals surface area (Å²) in [6.07, 6.45) is 0.967. The van der Waals surface area contributed by atoms with Gasteiger partial charge in [-0.15, -0.1) is 0 Å². The van der Waals surface area contributed by atoms with Crippen LogP contribution in [0.25, 0.3) is 0 Å². The first-order chi connectivity index (χ1) is 7.63. The average Bonchev–Trinajstić information content (AvgIpc) is 2.60. The SMILES string of the molecule is CC1C(N)CCN1c1ccc(Cl)cc1C#N. The first kappa shape index (κ1) is 11.3. The number of hydrogen-bond acceptors (Lipinski definition) is 3. The van der Waals surface area contributed by atoms with Crippen LogP contribution in [0.4, 0.5) is 5.69 Å². The van der Waals surface area contributed by atoms with Gasteiger partial charge in [-0.1, -0.05) is 11.6 Å². The van der Waals surface area contributed by atoms with Crippen LogP contribution in [0.15, 0.2) is 18.2 Å². The molecule has 0 amide bonds. The van der Waals surface area contributed by atoms with Crippen LogP contribution < -0.4 is 10.6 Å². The van der Waals surface area contributed by atoms with Gasteiger partial charge in [-0.3, -0.25) is 0 Å². The number of nitriles is 1. The Kier molecular flexibility index (Phi) is 3.04. The third kappa shape index (κ3) is 1.87. The maximum atomic E-state index is 9.09. The molecule has 1 fully saturated rings. The lowest BCUT2D eigenvalue weighted by atomic mass is 10.1. The zero-order valence-corrected chi connectivity index (χ0v) is 9.91. The van der Waals surface area contributed by atoms with Gasteiger partial charge in [-0.05, 0) is 31.5 Å². The van der Waals surface area contributed by atoms with Crippen molar-refractivity contribution in [3.63, 3.8) is 0 Å². The number of hydrogen-bond donors (Lipinski definition) is 1. The van der Waals surface area contributed by atoms with Crippen LogP contribution in [0, 0.1) is 11.3 Å². The molecule has 0 aliphatic carbocycles. The first-order valence-corrected chi connectivity index (χ1v) is 5.73. The van der Waals surface area contributed by atoms with E-state index in [1.54, 1.807) is 6.07 Å². The number of rotatable bonds is 1. The lowest BCUT2D eigenvalue weighted by Gasteiger charge is -2.26. The zero-order valence-electron chi connectivity index (χ0n) is 9.15. The average molecular weight is 236 g/mol. The Bertz CT molecular complexity index is 438. The lowest BCUT2D eigenvalue weighted by Crippen LogP contribution is -2.37. The summed E-state index contributed by atoms with van der Waals surface area (Å²) in [5, 5.41) is 9.68. The standard InChI is InChI=1S/C12H14ClN3/c1-8-11(15)4-5-16(8)12-3-2-10(13)6-9(12)7-14/h2-3,6,8,11H,4-5,15H2,1H3. The number of halogens is 1. The molecule has 0 aromatic heterocycles. The Labute approximate surface area is 100 Å². The van der Waals surface area contributed by atoms with E-state index in [1.165, 1.54) is 0 Å². The van der Waals surface area contributed by atoms with Crippen molar-refractivity contribution in [2.75, 3.05) is 11.4 Å². The number of anilines is 1. The van der Waals surface area contributed by atoms with Crippen molar-refractivity contribution >= 4 is 17.3 Å². The Morgan fingerprint density at radius 2 is 2.31 bits per heavy atom. The summed E-state index contributed by atoms with van der Waals surface area (Å²) >= 11 is 5.87. The van der Waals surface area contributed by atoms with E-state index in [-0.39, 0.29) is 12.1 Å². The molecule has 2 unspecified atom stereocenters. The molecule has 2 rings (SSSR count). The van der Waals surface area contributed by atoms with Gasteiger partial charge >= 0.3 is 0 Å². The van der Waals surface area contributed by atoms with Crippen LogP contribution in [0.2, 0.25) is 5.02 Å². The topological polar surface area (TPSA) is 53.0 Å². The molecule has 0 radical (unpaired) electrons. The highest BCUT2D eigenvalue weighted by Gasteiger charge is 2.29. The van der Waals surface area contributed by atoms with Gasteiger partial charge in [0.2, 0.25) is 0 Å². The molecule has 0 bridgehead atoms. The quantitative estimate of drug-likeness (QED) is 0.812. The number of nitrogens with zero attached hydrogens (tertiary/aromatic N) is 2. The molecule has 1 saturated heterocycles. The van der Waals surface area contributed by atoms with Crippen molar-refractivity contribution in [2.24, 2.45) is 5.73 Å². The largest absolute Gasteiger partial charge is 0.366 e. The van der Waals surface area contributed by atoms with Crippen LogP contribution in [0.3, 0.4) is 0 Å². The highest BCUT2D eigenvalue weighted by molar-refractivity contribution is 6.30. The summed E-state index contributed by atoms with van der Waals surface area (Å²) in [5.41, 5.74) is 7.53. The second kappa shape index (κ2) is 4.32. The zero-order chi connectivity index (χ0) is 11.7. The van der Waals surface area contributed by atoms with Crippen LogP contribution in [-0.4, -0.2) is 18.6 Å². The first-order valence-electron chi connectivity index (χ1n) is 5.35. The normalized spacial score (nSPS) is 24.5. The molecular weight excluding hydrogens is 222 g/mol. The molecule has 3 nitrogen and oxygen atoms in total. The summed E-state index contributed by atoms with van der Waals surface area (Å²) in [6.45, 7) is 2.99. The van der Waals surface area contributed by atoms with Crippen molar-refractivity contribution < 1.29 is 0 Å². The van der Waals surface area contributed by atoms with E-state index in [9.17, 15) is 0 Å². The van der Waals surface area contributed by atoms with Gasteiger partial charge in [0.25, 0.3) is 0 Å². The van der Waals surface area contributed by atoms with E-state index < -0.39 is 0 Å². The molecule has 1 aromatic carbocycles. The summed E-state index contributed by atoms with van der Waals surface area (Å²) < 4.78 is 0. The fourth-order valence-corrected chi connectivity index (χ4v) is 2.32. The molecule has 1 aliphatic rings. The predicted octanol–water partition coefficient (Wildman–Crippen LogP) is 2.14. The highest BCUT2D eigenvalue weighted by Crippen LogP contribution is 2.29. The van der Waals surface area contributed by atoms with E-state index in [0.717, 1.165) is 18.7 Å². The molecule has 16 heavy (non-hydrogen) atoms. The van der Waals surface area contributed by atoms with Crippen molar-refractivity contribution in [3.05, 3.63) is 28.8 Å². The van der Waals surface area contributed by atoms with Crippen LogP contribution >= 0.6 is 11.6 Å². The fraction of sp³-hybridized carbons (Fsp3) is 0.417. The Morgan fingerprint density at radius 1 is 1.56 bits per heavy atom. The van der Waals surface area contributed by atoms with Crippen LogP contribution in [-0.2, 0) is 0 Å². The molecule has 1 aliphatic heterocycles. The highest BCUT2D eigenvalue weighted by atomic mass is 35.5. The molecule has 0 saturated carbocycles. The van der Waals surface area contributed by atoms with Gasteiger partial charge in [0.05, 0.1) is 11.3 Å². The lowest BCUT2D eigenvalue weighted by molar-refractivity contribution is 0.624. The molecule has 2 N–H and O–H groups in total. The summed E-state index contributed by atoms with van der Waals surface area (Å²) in [7, 11) is 0. The third-order valence-electron chi connectivity index (χ3n) is 3.20. The maximum absolute atomic E-state index is 9.09. The molecule has 1 aromatic rings. The smallest absolute Gasteiger partial charge is 0.101 e. The Hall–Kier alpha value is -1.24. The van der Waals surface area contributed by atoms with Crippen molar-refractivity contribution in [2.45, 2.75) is 25.4 Å². The van der Waals surface area contributed by atoms with Gasteiger partial charge in [-0.25, -0.2) is 0 Å². The minimum absolute atomic E-state index is 0.183.